The molecule has 0 aromatic heterocycles. The van der Waals surface area contributed by atoms with Crippen LogP contribution in [0.15, 0.2) is 107 Å². The smallest absolute Gasteiger partial charge is 0.343 e. The van der Waals surface area contributed by atoms with Crippen molar-refractivity contribution < 1.29 is 27.5 Å². The van der Waals surface area contributed by atoms with Crippen molar-refractivity contribution in [2.45, 2.75) is 62.2 Å². The topological polar surface area (TPSA) is 86.7 Å². The first-order valence-electron chi connectivity index (χ1n) is 13.3. The highest BCUT2D eigenvalue weighted by atomic mass is 32.2. The van der Waals surface area contributed by atoms with E-state index in [1.165, 1.54) is 48.5 Å². The molecule has 0 fully saturated rings. The molecule has 4 aromatic rings. The van der Waals surface area contributed by atoms with Crippen molar-refractivity contribution in [2.75, 3.05) is 0 Å². The Bertz CT molecular complexity index is 1520. The first-order valence-corrected chi connectivity index (χ1v) is 14.7. The monoisotopic (exact) mass is 570 g/mol. The molecule has 0 heterocycles. The summed E-state index contributed by atoms with van der Waals surface area (Å²) in [7, 11) is -3.88. The third kappa shape index (κ3) is 7.11. The van der Waals surface area contributed by atoms with Crippen LogP contribution in [-0.2, 0) is 20.7 Å². The molecular weight excluding hydrogens is 536 g/mol. The van der Waals surface area contributed by atoms with Crippen LogP contribution in [0.2, 0.25) is 0 Å². The Balaban J connectivity index is 1.42. The minimum absolute atomic E-state index is 0.0119. The zero-order valence-electron chi connectivity index (χ0n) is 24.1. The molecule has 0 aliphatic rings. The van der Waals surface area contributed by atoms with Crippen molar-refractivity contribution in [3.63, 3.8) is 0 Å². The summed E-state index contributed by atoms with van der Waals surface area (Å²) in [6, 6.07) is 25.7. The van der Waals surface area contributed by atoms with Gasteiger partial charge < -0.3 is 9.47 Å². The molecule has 212 valence electrons. The van der Waals surface area contributed by atoms with Gasteiger partial charge in [0, 0.05) is 0 Å². The summed E-state index contributed by atoms with van der Waals surface area (Å²) in [5, 5.41) is 0. The lowest BCUT2D eigenvalue weighted by Gasteiger charge is -2.19. The molecule has 0 N–H and O–H groups in total. The van der Waals surface area contributed by atoms with Gasteiger partial charge in [-0.3, -0.25) is 0 Å². The summed E-state index contributed by atoms with van der Waals surface area (Å²) < 4.78 is 37.2. The van der Waals surface area contributed by atoms with Crippen LogP contribution in [0.4, 0.5) is 0 Å². The highest BCUT2D eigenvalue weighted by Crippen LogP contribution is 2.27. The van der Waals surface area contributed by atoms with Crippen LogP contribution >= 0.6 is 0 Å². The Labute approximate surface area is 241 Å². The van der Waals surface area contributed by atoms with Crippen molar-refractivity contribution in [3.05, 3.63) is 119 Å². The number of carbonyl (C=O) groups is 2. The van der Waals surface area contributed by atoms with E-state index in [0.29, 0.717) is 11.5 Å². The van der Waals surface area contributed by atoms with Gasteiger partial charge >= 0.3 is 11.9 Å². The normalized spacial score (nSPS) is 12.0. The largest absolute Gasteiger partial charge is 0.423 e. The average Bonchev–Trinajstić information content (AvgIpc) is 2.93. The maximum absolute atomic E-state index is 13.2. The SMILES string of the molecule is CC(C)(C)c1ccc(OC(=O)c2ccc(S(=O)(=O)c3ccc(C(=O)Oc4ccc(C(C)(C)C)cc4)cc3)cc2)cc1. The quantitative estimate of drug-likeness (QED) is 0.176. The second-order valence-corrected chi connectivity index (χ2v) is 13.8. The first-order chi connectivity index (χ1) is 19.1. The van der Waals surface area contributed by atoms with E-state index in [9.17, 15) is 18.0 Å². The first kappa shape index (κ1) is 29.7. The van der Waals surface area contributed by atoms with E-state index in [1.807, 2.05) is 24.3 Å². The van der Waals surface area contributed by atoms with Gasteiger partial charge in [0.15, 0.2) is 0 Å². The summed E-state index contributed by atoms with van der Waals surface area (Å²) in [5.41, 5.74) is 2.62. The molecule has 0 aliphatic carbocycles. The number of carbonyl (C=O) groups excluding carboxylic acids is 2. The highest BCUT2D eigenvalue weighted by molar-refractivity contribution is 7.91. The van der Waals surface area contributed by atoms with Crippen LogP contribution < -0.4 is 9.47 Å². The Morgan fingerprint density at radius 2 is 0.780 bits per heavy atom. The summed E-state index contributed by atoms with van der Waals surface area (Å²) in [6.07, 6.45) is 0. The van der Waals surface area contributed by atoms with E-state index >= 15 is 0 Å². The molecule has 0 saturated heterocycles. The van der Waals surface area contributed by atoms with Gasteiger partial charge in [0.05, 0.1) is 20.9 Å². The van der Waals surface area contributed by atoms with Gasteiger partial charge in [-0.05, 0) is 94.8 Å². The molecule has 6 nitrogen and oxygen atoms in total. The average molecular weight is 571 g/mol. The molecule has 41 heavy (non-hydrogen) atoms. The highest BCUT2D eigenvalue weighted by Gasteiger charge is 2.21. The number of sulfone groups is 1. The molecular formula is C34H34O6S. The Morgan fingerprint density at radius 3 is 1.05 bits per heavy atom. The number of esters is 2. The lowest BCUT2D eigenvalue weighted by molar-refractivity contribution is 0.0725. The molecule has 0 spiro atoms. The number of ether oxygens (including phenoxy) is 2. The zero-order valence-corrected chi connectivity index (χ0v) is 24.9. The number of benzene rings is 4. The predicted molar refractivity (Wildman–Crippen MR) is 159 cm³/mol. The lowest BCUT2D eigenvalue weighted by Crippen LogP contribution is -2.12. The van der Waals surface area contributed by atoms with Crippen molar-refractivity contribution in [2.24, 2.45) is 0 Å². The fraction of sp³-hybridized carbons (Fsp3) is 0.235. The summed E-state index contributed by atoms with van der Waals surface area (Å²) in [4.78, 5) is 25.2. The Morgan fingerprint density at radius 1 is 0.488 bits per heavy atom. The van der Waals surface area contributed by atoms with Gasteiger partial charge in [0.25, 0.3) is 0 Å². The molecule has 0 saturated carbocycles. The molecule has 0 bridgehead atoms. The van der Waals surface area contributed by atoms with E-state index in [4.69, 9.17) is 9.47 Å². The van der Waals surface area contributed by atoms with Crippen molar-refractivity contribution in [1.29, 1.82) is 0 Å². The third-order valence-corrected chi connectivity index (χ3v) is 8.45. The van der Waals surface area contributed by atoms with Gasteiger partial charge in [-0.15, -0.1) is 0 Å². The standard InChI is InChI=1S/C34H34O6S/c1-33(2,3)25-11-15-27(16-12-25)39-31(35)23-7-19-29(20-8-23)41(37,38)30-21-9-24(10-22-30)32(36)40-28-17-13-26(14-18-28)34(4,5)6/h7-22H,1-6H3. The molecule has 0 atom stereocenters. The van der Waals surface area contributed by atoms with E-state index in [1.54, 1.807) is 24.3 Å². The van der Waals surface area contributed by atoms with E-state index < -0.39 is 21.8 Å². The van der Waals surface area contributed by atoms with E-state index in [2.05, 4.69) is 41.5 Å². The Kier molecular flexibility index (Phi) is 8.22. The number of hydrogen-bond donors (Lipinski definition) is 0. The predicted octanol–water partition coefficient (Wildman–Crippen LogP) is 7.55. The summed E-state index contributed by atoms with van der Waals surface area (Å²) in [6.45, 7) is 12.6. The molecule has 7 heteroatoms. The van der Waals surface area contributed by atoms with Crippen LogP contribution in [0.25, 0.3) is 0 Å². The van der Waals surface area contributed by atoms with Gasteiger partial charge in [-0.1, -0.05) is 65.8 Å². The van der Waals surface area contributed by atoms with Crippen LogP contribution in [0.3, 0.4) is 0 Å². The fourth-order valence-electron chi connectivity index (χ4n) is 4.05. The van der Waals surface area contributed by atoms with Crippen LogP contribution in [0.1, 0.15) is 73.4 Å². The summed E-state index contributed by atoms with van der Waals surface area (Å²) >= 11 is 0. The van der Waals surface area contributed by atoms with Crippen LogP contribution in [-0.4, -0.2) is 20.4 Å². The van der Waals surface area contributed by atoms with Crippen molar-refractivity contribution in [1.82, 2.24) is 0 Å². The minimum Gasteiger partial charge on any atom is -0.423 e. The molecule has 0 radical (unpaired) electrons. The second-order valence-electron chi connectivity index (χ2n) is 11.9. The maximum atomic E-state index is 13.2. The Hall–Kier alpha value is -4.23. The van der Waals surface area contributed by atoms with Crippen LogP contribution in [0.5, 0.6) is 11.5 Å². The molecule has 4 aromatic carbocycles. The molecule has 0 unspecified atom stereocenters. The van der Waals surface area contributed by atoms with Crippen molar-refractivity contribution in [3.8, 4) is 11.5 Å². The second kappa shape index (κ2) is 11.3. The zero-order chi connectivity index (χ0) is 30.0. The third-order valence-electron chi connectivity index (χ3n) is 6.66. The fourth-order valence-corrected chi connectivity index (χ4v) is 5.32. The number of hydrogen-bond acceptors (Lipinski definition) is 6. The van der Waals surface area contributed by atoms with E-state index in [-0.39, 0.29) is 31.7 Å². The van der Waals surface area contributed by atoms with Gasteiger partial charge in [-0.2, -0.15) is 0 Å². The minimum atomic E-state index is -3.88. The van der Waals surface area contributed by atoms with Gasteiger partial charge in [0.2, 0.25) is 9.84 Å². The lowest BCUT2D eigenvalue weighted by atomic mass is 9.87. The molecule has 0 amide bonds. The maximum Gasteiger partial charge on any atom is 0.343 e. The van der Waals surface area contributed by atoms with Gasteiger partial charge in [0.1, 0.15) is 11.5 Å². The van der Waals surface area contributed by atoms with Crippen molar-refractivity contribution >= 4 is 21.8 Å². The van der Waals surface area contributed by atoms with Crippen LogP contribution in [0, 0.1) is 0 Å². The molecule has 0 aliphatic heterocycles. The van der Waals surface area contributed by atoms with E-state index in [0.717, 1.165) is 11.1 Å². The van der Waals surface area contributed by atoms with Gasteiger partial charge in [-0.25, -0.2) is 18.0 Å². The molecule has 4 rings (SSSR count). The summed E-state index contributed by atoms with van der Waals surface area (Å²) in [5.74, 6) is -0.373. The number of rotatable bonds is 6.